The Balaban J connectivity index is 1.53. The minimum Gasteiger partial charge on any atom is -0.345 e. The Morgan fingerprint density at radius 1 is 1.14 bits per heavy atom. The summed E-state index contributed by atoms with van der Waals surface area (Å²) in [6.45, 7) is 7.50. The highest BCUT2D eigenvalue weighted by Crippen LogP contribution is 2.38. The molecule has 190 valence electrons. The van der Waals surface area contributed by atoms with Crippen molar-refractivity contribution in [2.75, 3.05) is 5.32 Å². The predicted molar refractivity (Wildman–Crippen MR) is 125 cm³/mol. The lowest BCUT2D eigenvalue weighted by Crippen LogP contribution is -2.24. The first-order chi connectivity index (χ1) is 16.8. The van der Waals surface area contributed by atoms with Gasteiger partial charge in [0.2, 0.25) is 11.8 Å². The van der Waals surface area contributed by atoms with E-state index in [0.29, 0.717) is 22.6 Å². The van der Waals surface area contributed by atoms with E-state index in [9.17, 15) is 22.8 Å². The summed E-state index contributed by atoms with van der Waals surface area (Å²) in [4.78, 5) is 32.4. The Hall–Kier alpha value is -3.76. The molecule has 0 atom stereocenters. The van der Waals surface area contributed by atoms with Crippen molar-refractivity contribution in [3.8, 4) is 11.1 Å². The summed E-state index contributed by atoms with van der Waals surface area (Å²) in [5.74, 6) is -0.574. The minimum absolute atomic E-state index is 0.0682. The third-order valence-corrected chi connectivity index (χ3v) is 5.77. The van der Waals surface area contributed by atoms with Gasteiger partial charge in [-0.15, -0.1) is 0 Å². The largest absolute Gasteiger partial charge is 0.418 e. The fraction of sp³-hybridized carbons (Fsp3) is 0.400. The molecule has 1 aliphatic rings. The summed E-state index contributed by atoms with van der Waals surface area (Å²) in [5.41, 5.74) is 0.289. The van der Waals surface area contributed by atoms with Crippen LogP contribution >= 0.6 is 0 Å². The van der Waals surface area contributed by atoms with E-state index in [1.807, 2.05) is 20.8 Å². The molecular formula is C25H26F3N5O3. The van der Waals surface area contributed by atoms with Gasteiger partial charge >= 0.3 is 6.18 Å². The summed E-state index contributed by atoms with van der Waals surface area (Å²) in [5, 5.41) is 9.00. The molecule has 0 unspecified atom stereocenters. The van der Waals surface area contributed by atoms with Gasteiger partial charge < -0.3 is 15.2 Å². The zero-order chi connectivity index (χ0) is 26.3. The number of nitrogens with one attached hydrogen (secondary N) is 2. The van der Waals surface area contributed by atoms with Crippen LogP contribution < -0.4 is 10.6 Å². The Kier molecular flexibility index (Phi) is 6.59. The fourth-order valence-electron chi connectivity index (χ4n) is 3.50. The minimum atomic E-state index is -4.63. The molecule has 1 aliphatic carbocycles. The molecule has 0 radical (unpaired) electrons. The second-order valence-corrected chi connectivity index (χ2v) is 9.87. The summed E-state index contributed by atoms with van der Waals surface area (Å²) in [6, 6.07) is 6.02. The molecule has 1 saturated carbocycles. The molecule has 0 bridgehead atoms. The topological polar surface area (TPSA) is 110 Å². The van der Waals surface area contributed by atoms with Gasteiger partial charge in [-0.2, -0.15) is 18.2 Å². The number of aromatic nitrogens is 3. The number of hydrogen-bond donors (Lipinski definition) is 2. The number of hydrogen-bond acceptors (Lipinski definition) is 6. The molecule has 36 heavy (non-hydrogen) atoms. The lowest BCUT2D eigenvalue weighted by molar-refractivity contribution is -0.137. The SMILES string of the molecule is Cc1cc(-c2cc(NC(=O)C3CC3)ncc2C(F)(F)F)ccc1CNC(=O)c1noc(C(C)(C)C)n1. The van der Waals surface area contributed by atoms with Crippen molar-refractivity contribution in [2.45, 2.75) is 58.7 Å². The number of halogens is 3. The maximum Gasteiger partial charge on any atom is 0.418 e. The van der Waals surface area contributed by atoms with Gasteiger partial charge in [-0.05, 0) is 48.1 Å². The van der Waals surface area contributed by atoms with E-state index in [1.54, 1.807) is 19.1 Å². The quantitative estimate of drug-likeness (QED) is 0.490. The average Bonchev–Trinajstić information content (AvgIpc) is 3.52. The average molecular weight is 502 g/mol. The zero-order valence-corrected chi connectivity index (χ0v) is 20.3. The molecule has 0 saturated heterocycles. The van der Waals surface area contributed by atoms with Gasteiger partial charge in [0, 0.05) is 24.1 Å². The number of nitrogens with zero attached hydrogens (tertiary/aromatic N) is 3. The van der Waals surface area contributed by atoms with Crippen molar-refractivity contribution in [1.82, 2.24) is 20.4 Å². The first kappa shape index (κ1) is 25.3. The van der Waals surface area contributed by atoms with Crippen LogP contribution in [0.5, 0.6) is 0 Å². The van der Waals surface area contributed by atoms with Gasteiger partial charge in [-0.25, -0.2) is 4.98 Å². The third kappa shape index (κ3) is 5.72. The molecule has 1 fully saturated rings. The standard InChI is InChI=1S/C25H26F3N5O3/c1-13-9-15(7-8-16(13)11-30-22(35)20-32-23(36-33-20)24(2,3)4)17-10-19(31-21(34)14-5-6-14)29-12-18(17)25(26,27)28/h7-10,12,14H,5-6,11H2,1-4H3,(H,30,35)(H,29,31,34). The molecule has 0 aliphatic heterocycles. The van der Waals surface area contributed by atoms with Crippen molar-refractivity contribution < 1.29 is 27.3 Å². The van der Waals surface area contributed by atoms with Crippen LogP contribution in [0, 0.1) is 12.8 Å². The van der Waals surface area contributed by atoms with E-state index in [4.69, 9.17) is 4.52 Å². The predicted octanol–water partition coefficient (Wildman–Crippen LogP) is 5.03. The van der Waals surface area contributed by atoms with Crippen LogP contribution in [0.15, 0.2) is 35.0 Å². The number of amides is 2. The fourth-order valence-corrected chi connectivity index (χ4v) is 3.50. The van der Waals surface area contributed by atoms with Crippen LogP contribution in [-0.2, 0) is 22.9 Å². The normalized spacial score (nSPS) is 14.0. The lowest BCUT2D eigenvalue weighted by atomic mass is 9.97. The number of benzene rings is 1. The number of alkyl halides is 3. The first-order valence-electron chi connectivity index (χ1n) is 11.4. The molecule has 1 aromatic carbocycles. The highest BCUT2D eigenvalue weighted by atomic mass is 19.4. The Morgan fingerprint density at radius 2 is 1.86 bits per heavy atom. The van der Waals surface area contributed by atoms with Crippen molar-refractivity contribution in [1.29, 1.82) is 0 Å². The van der Waals surface area contributed by atoms with Crippen molar-refractivity contribution in [3.05, 3.63) is 58.9 Å². The van der Waals surface area contributed by atoms with E-state index >= 15 is 0 Å². The molecule has 0 spiro atoms. The first-order valence-corrected chi connectivity index (χ1v) is 11.4. The second-order valence-electron chi connectivity index (χ2n) is 9.87. The summed E-state index contributed by atoms with van der Waals surface area (Å²) in [6.07, 6.45) is -2.36. The number of carbonyl (C=O) groups is 2. The van der Waals surface area contributed by atoms with Crippen LogP contribution in [0.25, 0.3) is 11.1 Å². The monoisotopic (exact) mass is 501 g/mol. The number of pyridine rings is 1. The summed E-state index contributed by atoms with van der Waals surface area (Å²) in [7, 11) is 0. The second kappa shape index (κ2) is 9.36. The van der Waals surface area contributed by atoms with E-state index in [2.05, 4.69) is 25.8 Å². The van der Waals surface area contributed by atoms with Crippen LogP contribution in [0.2, 0.25) is 0 Å². The maximum absolute atomic E-state index is 13.7. The van der Waals surface area contributed by atoms with Gasteiger partial charge in [0.1, 0.15) is 5.82 Å². The summed E-state index contributed by atoms with van der Waals surface area (Å²) < 4.78 is 46.2. The number of aryl methyl sites for hydroxylation is 1. The van der Waals surface area contributed by atoms with Crippen molar-refractivity contribution in [2.24, 2.45) is 5.92 Å². The lowest BCUT2D eigenvalue weighted by Gasteiger charge is -2.16. The van der Waals surface area contributed by atoms with E-state index in [-0.39, 0.29) is 35.6 Å². The molecule has 2 aromatic heterocycles. The molecule has 8 nitrogen and oxygen atoms in total. The molecule has 11 heteroatoms. The third-order valence-electron chi connectivity index (χ3n) is 5.77. The Labute approximate surface area is 205 Å². The summed E-state index contributed by atoms with van der Waals surface area (Å²) >= 11 is 0. The highest BCUT2D eigenvalue weighted by molar-refractivity contribution is 5.94. The van der Waals surface area contributed by atoms with Crippen LogP contribution in [0.4, 0.5) is 19.0 Å². The van der Waals surface area contributed by atoms with Crippen LogP contribution in [-0.4, -0.2) is 26.9 Å². The van der Waals surface area contributed by atoms with Crippen LogP contribution in [0.3, 0.4) is 0 Å². The smallest absolute Gasteiger partial charge is 0.345 e. The zero-order valence-electron chi connectivity index (χ0n) is 20.3. The highest BCUT2D eigenvalue weighted by Gasteiger charge is 2.35. The maximum atomic E-state index is 13.7. The molecule has 2 heterocycles. The van der Waals surface area contributed by atoms with Gasteiger partial charge in [0.25, 0.3) is 11.7 Å². The van der Waals surface area contributed by atoms with Crippen molar-refractivity contribution >= 4 is 17.6 Å². The van der Waals surface area contributed by atoms with Gasteiger partial charge in [0.15, 0.2) is 0 Å². The molecular weight excluding hydrogens is 475 g/mol. The van der Waals surface area contributed by atoms with Gasteiger partial charge in [-0.1, -0.05) is 44.1 Å². The Morgan fingerprint density at radius 3 is 2.44 bits per heavy atom. The van der Waals surface area contributed by atoms with Crippen LogP contribution in [0.1, 0.15) is 66.8 Å². The van der Waals surface area contributed by atoms with E-state index in [1.165, 1.54) is 12.1 Å². The number of rotatable bonds is 6. The van der Waals surface area contributed by atoms with E-state index in [0.717, 1.165) is 19.0 Å². The molecule has 2 amide bonds. The number of anilines is 1. The van der Waals surface area contributed by atoms with Crippen molar-refractivity contribution in [3.63, 3.8) is 0 Å². The molecule has 2 N–H and O–H groups in total. The van der Waals surface area contributed by atoms with Gasteiger partial charge in [0.05, 0.1) is 5.56 Å². The van der Waals surface area contributed by atoms with Gasteiger partial charge in [-0.3, -0.25) is 9.59 Å². The number of carbonyl (C=O) groups excluding carboxylic acids is 2. The Bertz CT molecular complexity index is 1310. The van der Waals surface area contributed by atoms with E-state index < -0.39 is 23.1 Å². The molecule has 3 aromatic rings. The molecule has 4 rings (SSSR count).